The fraction of sp³-hybridized carbons (Fsp3) is 0.526. The molecule has 1 heterocycles. The second-order valence-corrected chi connectivity index (χ2v) is 7.09. The zero-order chi connectivity index (χ0) is 17.1. The molecule has 0 N–H and O–H groups in total. The standard InChI is InChI=1S/C19H25N3O2/c1-13(2)10-17-20-18(24-21-17)12-22(3)19(23)11-15-9-8-14-6-4-5-7-16(14)15/h4-7,13,15H,8-12H2,1-3H3/t15-/m1/s1. The Morgan fingerprint density at radius 1 is 1.38 bits per heavy atom. The lowest BCUT2D eigenvalue weighted by atomic mass is 9.97. The van der Waals surface area contributed by atoms with E-state index in [0.717, 1.165) is 19.3 Å². The van der Waals surface area contributed by atoms with Gasteiger partial charge in [0.15, 0.2) is 5.82 Å². The SMILES string of the molecule is CC(C)Cc1noc(CN(C)C(=O)C[C@H]2CCc3ccccc32)n1. The van der Waals surface area contributed by atoms with Gasteiger partial charge in [-0.3, -0.25) is 4.79 Å². The topological polar surface area (TPSA) is 59.2 Å². The molecule has 0 fully saturated rings. The lowest BCUT2D eigenvalue weighted by molar-refractivity contribution is -0.131. The molecule has 5 heteroatoms. The van der Waals surface area contributed by atoms with Crippen molar-refractivity contribution >= 4 is 5.91 Å². The lowest BCUT2D eigenvalue weighted by Gasteiger charge is -2.18. The molecule has 0 spiro atoms. The zero-order valence-electron chi connectivity index (χ0n) is 14.7. The second-order valence-electron chi connectivity index (χ2n) is 7.09. The molecular weight excluding hydrogens is 302 g/mol. The van der Waals surface area contributed by atoms with E-state index in [1.807, 2.05) is 0 Å². The summed E-state index contributed by atoms with van der Waals surface area (Å²) in [5.41, 5.74) is 2.71. The Morgan fingerprint density at radius 2 is 2.17 bits per heavy atom. The molecule has 0 radical (unpaired) electrons. The van der Waals surface area contributed by atoms with E-state index in [1.165, 1.54) is 11.1 Å². The van der Waals surface area contributed by atoms with Gasteiger partial charge < -0.3 is 9.42 Å². The highest BCUT2D eigenvalue weighted by molar-refractivity contribution is 5.77. The number of amides is 1. The number of aromatic nitrogens is 2. The van der Waals surface area contributed by atoms with E-state index in [-0.39, 0.29) is 5.91 Å². The fourth-order valence-corrected chi connectivity index (χ4v) is 3.32. The zero-order valence-corrected chi connectivity index (χ0v) is 14.7. The highest BCUT2D eigenvalue weighted by Crippen LogP contribution is 2.35. The van der Waals surface area contributed by atoms with Crippen molar-refractivity contribution in [3.8, 4) is 0 Å². The molecule has 128 valence electrons. The summed E-state index contributed by atoms with van der Waals surface area (Å²) in [6.07, 6.45) is 3.46. The van der Waals surface area contributed by atoms with E-state index in [2.05, 4.69) is 48.3 Å². The van der Waals surface area contributed by atoms with E-state index >= 15 is 0 Å². The fourth-order valence-electron chi connectivity index (χ4n) is 3.32. The van der Waals surface area contributed by atoms with Crippen molar-refractivity contribution in [3.05, 3.63) is 47.1 Å². The van der Waals surface area contributed by atoms with Crippen molar-refractivity contribution in [2.45, 2.75) is 52.0 Å². The van der Waals surface area contributed by atoms with Gasteiger partial charge in [0.2, 0.25) is 11.8 Å². The number of nitrogens with zero attached hydrogens (tertiary/aromatic N) is 3. The van der Waals surface area contributed by atoms with Gasteiger partial charge >= 0.3 is 0 Å². The first-order valence-corrected chi connectivity index (χ1v) is 8.66. The molecule has 5 nitrogen and oxygen atoms in total. The maximum atomic E-state index is 12.5. The van der Waals surface area contributed by atoms with Crippen LogP contribution in [0.3, 0.4) is 0 Å². The number of carbonyl (C=O) groups is 1. The summed E-state index contributed by atoms with van der Waals surface area (Å²) < 4.78 is 5.26. The van der Waals surface area contributed by atoms with Crippen LogP contribution in [0.5, 0.6) is 0 Å². The van der Waals surface area contributed by atoms with Gasteiger partial charge in [-0.05, 0) is 35.8 Å². The quantitative estimate of drug-likeness (QED) is 0.816. The lowest BCUT2D eigenvalue weighted by Crippen LogP contribution is -2.27. The number of rotatable bonds is 6. The molecule has 0 aliphatic heterocycles. The van der Waals surface area contributed by atoms with E-state index in [9.17, 15) is 4.79 Å². The summed E-state index contributed by atoms with van der Waals surface area (Å²) in [6, 6.07) is 8.44. The Morgan fingerprint density at radius 3 is 2.96 bits per heavy atom. The number of carbonyl (C=O) groups excluding carboxylic acids is 1. The van der Waals surface area contributed by atoms with Gasteiger partial charge in [-0.25, -0.2) is 0 Å². The first-order valence-electron chi connectivity index (χ1n) is 8.66. The number of benzene rings is 1. The van der Waals surface area contributed by atoms with Gasteiger partial charge in [0.05, 0.1) is 6.54 Å². The van der Waals surface area contributed by atoms with E-state index < -0.39 is 0 Å². The monoisotopic (exact) mass is 327 g/mol. The van der Waals surface area contributed by atoms with Crippen LogP contribution in [0.4, 0.5) is 0 Å². The summed E-state index contributed by atoms with van der Waals surface area (Å²) in [5.74, 6) is 2.16. The molecule has 0 saturated carbocycles. The van der Waals surface area contributed by atoms with Crippen molar-refractivity contribution in [2.24, 2.45) is 5.92 Å². The predicted octanol–water partition coefficient (Wildman–Crippen LogP) is 3.35. The Kier molecular flexibility index (Phi) is 4.97. The second kappa shape index (κ2) is 7.16. The van der Waals surface area contributed by atoms with Crippen LogP contribution in [-0.4, -0.2) is 28.0 Å². The van der Waals surface area contributed by atoms with Crippen molar-refractivity contribution in [1.29, 1.82) is 0 Å². The summed E-state index contributed by atoms with van der Waals surface area (Å²) >= 11 is 0. The van der Waals surface area contributed by atoms with Gasteiger partial charge in [-0.2, -0.15) is 4.98 Å². The minimum atomic E-state index is 0.125. The maximum absolute atomic E-state index is 12.5. The predicted molar refractivity (Wildman–Crippen MR) is 91.4 cm³/mol. The Hall–Kier alpha value is -2.17. The molecule has 0 bridgehead atoms. The third-order valence-corrected chi connectivity index (χ3v) is 4.58. The van der Waals surface area contributed by atoms with Crippen LogP contribution >= 0.6 is 0 Å². The van der Waals surface area contributed by atoms with Crippen LogP contribution in [0.25, 0.3) is 0 Å². The molecule has 1 aromatic carbocycles. The first kappa shape index (κ1) is 16.7. The van der Waals surface area contributed by atoms with Gasteiger partial charge in [0, 0.05) is 19.9 Å². The Balaban J connectivity index is 1.57. The molecule has 3 rings (SSSR count). The molecule has 1 aliphatic carbocycles. The van der Waals surface area contributed by atoms with Gasteiger partial charge in [0.1, 0.15) is 0 Å². The molecule has 1 aliphatic rings. The van der Waals surface area contributed by atoms with Crippen molar-refractivity contribution in [1.82, 2.24) is 15.0 Å². The van der Waals surface area contributed by atoms with Crippen LogP contribution in [0.1, 0.15) is 55.4 Å². The molecule has 1 aromatic heterocycles. The van der Waals surface area contributed by atoms with Crippen molar-refractivity contribution < 1.29 is 9.32 Å². The first-order chi connectivity index (χ1) is 11.5. The summed E-state index contributed by atoms with van der Waals surface area (Å²) in [7, 11) is 1.80. The van der Waals surface area contributed by atoms with Crippen LogP contribution in [0.2, 0.25) is 0 Å². The Labute approximate surface area is 143 Å². The molecule has 0 unspecified atom stereocenters. The van der Waals surface area contributed by atoms with Gasteiger partial charge in [0.25, 0.3) is 0 Å². The minimum Gasteiger partial charge on any atom is -0.337 e. The van der Waals surface area contributed by atoms with Crippen LogP contribution in [0.15, 0.2) is 28.8 Å². The molecule has 2 aromatic rings. The normalized spacial score (nSPS) is 16.4. The van der Waals surface area contributed by atoms with E-state index in [0.29, 0.717) is 36.5 Å². The van der Waals surface area contributed by atoms with Crippen LogP contribution in [-0.2, 0) is 24.2 Å². The average Bonchev–Trinajstić information content (AvgIpc) is 3.14. The number of fused-ring (bicyclic) bond motifs is 1. The molecule has 1 atom stereocenters. The van der Waals surface area contributed by atoms with Crippen molar-refractivity contribution in [3.63, 3.8) is 0 Å². The Bertz CT molecular complexity index is 708. The van der Waals surface area contributed by atoms with Crippen molar-refractivity contribution in [2.75, 3.05) is 7.05 Å². The molecule has 24 heavy (non-hydrogen) atoms. The van der Waals surface area contributed by atoms with Crippen LogP contribution < -0.4 is 0 Å². The highest BCUT2D eigenvalue weighted by Gasteiger charge is 2.26. The number of hydrogen-bond donors (Lipinski definition) is 0. The number of aryl methyl sites for hydroxylation is 1. The third-order valence-electron chi connectivity index (χ3n) is 4.58. The van der Waals surface area contributed by atoms with Gasteiger partial charge in [-0.1, -0.05) is 43.3 Å². The summed E-state index contributed by atoms with van der Waals surface area (Å²) in [5, 5.41) is 3.98. The molecule has 0 saturated heterocycles. The highest BCUT2D eigenvalue weighted by atomic mass is 16.5. The van der Waals surface area contributed by atoms with Crippen LogP contribution in [0, 0.1) is 5.92 Å². The number of hydrogen-bond acceptors (Lipinski definition) is 4. The molecule has 1 amide bonds. The third kappa shape index (κ3) is 3.83. The van der Waals surface area contributed by atoms with E-state index in [1.54, 1.807) is 11.9 Å². The summed E-state index contributed by atoms with van der Waals surface area (Å²) in [6.45, 7) is 4.61. The molecular formula is C19H25N3O2. The minimum absolute atomic E-state index is 0.125. The smallest absolute Gasteiger partial charge is 0.246 e. The van der Waals surface area contributed by atoms with E-state index in [4.69, 9.17) is 4.52 Å². The maximum Gasteiger partial charge on any atom is 0.246 e. The average molecular weight is 327 g/mol. The van der Waals surface area contributed by atoms with Gasteiger partial charge in [-0.15, -0.1) is 0 Å². The largest absolute Gasteiger partial charge is 0.337 e. The summed E-state index contributed by atoms with van der Waals surface area (Å²) in [4.78, 5) is 18.6.